The first-order chi connectivity index (χ1) is 13.9. The van der Waals surface area contributed by atoms with Gasteiger partial charge < -0.3 is 9.64 Å². The van der Waals surface area contributed by atoms with Crippen molar-refractivity contribution in [2.45, 2.75) is 43.7 Å². The summed E-state index contributed by atoms with van der Waals surface area (Å²) in [6.07, 6.45) is 1.88. The maximum Gasteiger partial charge on any atom is 0.240 e. The van der Waals surface area contributed by atoms with E-state index >= 15 is 0 Å². The minimum absolute atomic E-state index is 0.000743. The van der Waals surface area contributed by atoms with Crippen molar-refractivity contribution in [2.24, 2.45) is 0 Å². The van der Waals surface area contributed by atoms with Gasteiger partial charge in [0.05, 0.1) is 11.5 Å². The van der Waals surface area contributed by atoms with E-state index in [0.717, 1.165) is 18.4 Å². The summed E-state index contributed by atoms with van der Waals surface area (Å²) in [7, 11) is -3.71. The van der Waals surface area contributed by atoms with Crippen LogP contribution in [0.25, 0.3) is 0 Å². The minimum Gasteiger partial charge on any atom is -0.494 e. The molecule has 0 atom stereocenters. The van der Waals surface area contributed by atoms with Gasteiger partial charge in [-0.05, 0) is 61.7 Å². The average Bonchev–Trinajstić information content (AvgIpc) is 3.52. The maximum atomic E-state index is 13.4. The lowest BCUT2D eigenvalue weighted by Gasteiger charge is -2.23. The first-order valence-corrected chi connectivity index (χ1v) is 11.1. The number of hydrogen-bond acceptors (Lipinski definition) is 4. The lowest BCUT2D eigenvalue weighted by atomic mass is 10.2. The highest BCUT2D eigenvalue weighted by molar-refractivity contribution is 7.89. The number of sulfonamides is 1. The van der Waals surface area contributed by atoms with Gasteiger partial charge in [-0.15, -0.1) is 0 Å². The van der Waals surface area contributed by atoms with Crippen LogP contribution in [0.5, 0.6) is 5.75 Å². The smallest absolute Gasteiger partial charge is 0.240 e. The van der Waals surface area contributed by atoms with Crippen LogP contribution in [0.3, 0.4) is 0 Å². The fourth-order valence-corrected chi connectivity index (χ4v) is 4.07. The van der Waals surface area contributed by atoms with Crippen molar-refractivity contribution in [2.75, 3.05) is 13.2 Å². The summed E-state index contributed by atoms with van der Waals surface area (Å²) in [6.45, 7) is 2.68. The molecule has 0 aliphatic heterocycles. The zero-order valence-electron chi connectivity index (χ0n) is 16.3. The second-order valence-corrected chi connectivity index (χ2v) is 8.70. The zero-order chi connectivity index (χ0) is 20.9. The molecule has 0 radical (unpaired) electrons. The lowest BCUT2D eigenvalue weighted by molar-refractivity contribution is -0.132. The van der Waals surface area contributed by atoms with Gasteiger partial charge in [0.1, 0.15) is 11.6 Å². The van der Waals surface area contributed by atoms with Crippen molar-refractivity contribution < 1.29 is 22.3 Å². The van der Waals surface area contributed by atoms with E-state index in [1.54, 1.807) is 29.2 Å². The van der Waals surface area contributed by atoms with Crippen LogP contribution in [0.15, 0.2) is 53.4 Å². The van der Waals surface area contributed by atoms with Gasteiger partial charge in [-0.3, -0.25) is 4.79 Å². The van der Waals surface area contributed by atoms with Crippen molar-refractivity contribution >= 4 is 15.9 Å². The second kappa shape index (κ2) is 9.37. The van der Waals surface area contributed by atoms with Crippen LogP contribution in [0, 0.1) is 5.82 Å². The van der Waals surface area contributed by atoms with Gasteiger partial charge in [0, 0.05) is 25.6 Å². The number of carbonyl (C=O) groups excluding carboxylic acids is 1. The molecule has 8 heteroatoms. The number of nitrogens with one attached hydrogen (secondary N) is 1. The monoisotopic (exact) mass is 420 g/mol. The van der Waals surface area contributed by atoms with Gasteiger partial charge in [0.25, 0.3) is 0 Å². The number of hydrogen-bond donors (Lipinski definition) is 1. The highest BCUT2D eigenvalue weighted by Crippen LogP contribution is 2.29. The third-order valence-corrected chi connectivity index (χ3v) is 6.10. The Kier molecular flexibility index (Phi) is 6.87. The van der Waals surface area contributed by atoms with E-state index in [9.17, 15) is 17.6 Å². The molecule has 0 bridgehead atoms. The van der Waals surface area contributed by atoms with Crippen molar-refractivity contribution in [3.05, 3.63) is 59.9 Å². The van der Waals surface area contributed by atoms with Crippen molar-refractivity contribution in [1.29, 1.82) is 0 Å². The molecule has 2 aromatic rings. The molecule has 3 rings (SSSR count). The summed E-state index contributed by atoms with van der Waals surface area (Å²) in [4.78, 5) is 14.5. The van der Waals surface area contributed by atoms with E-state index in [2.05, 4.69) is 4.72 Å². The predicted molar refractivity (Wildman–Crippen MR) is 107 cm³/mol. The van der Waals surface area contributed by atoms with E-state index in [-0.39, 0.29) is 35.6 Å². The Morgan fingerprint density at radius 1 is 1.21 bits per heavy atom. The van der Waals surface area contributed by atoms with E-state index in [0.29, 0.717) is 18.9 Å². The van der Waals surface area contributed by atoms with Crippen molar-refractivity contribution in [3.63, 3.8) is 0 Å². The molecule has 29 heavy (non-hydrogen) atoms. The Bertz CT molecular complexity index is 943. The Hall–Kier alpha value is -2.45. The van der Waals surface area contributed by atoms with Crippen LogP contribution >= 0.6 is 0 Å². The molecule has 1 aliphatic carbocycles. The third kappa shape index (κ3) is 6.01. The van der Waals surface area contributed by atoms with Gasteiger partial charge >= 0.3 is 0 Å². The number of ether oxygens (including phenoxy) is 1. The van der Waals surface area contributed by atoms with Gasteiger partial charge in [0.2, 0.25) is 15.9 Å². The zero-order valence-corrected chi connectivity index (χ0v) is 17.1. The molecule has 0 unspecified atom stereocenters. The molecule has 1 N–H and O–H groups in total. The van der Waals surface area contributed by atoms with E-state index in [4.69, 9.17) is 4.74 Å². The molecular weight excluding hydrogens is 395 g/mol. The second-order valence-electron chi connectivity index (χ2n) is 6.93. The van der Waals surface area contributed by atoms with Gasteiger partial charge in [0.15, 0.2) is 0 Å². The van der Waals surface area contributed by atoms with Crippen LogP contribution in [0.2, 0.25) is 0 Å². The summed E-state index contributed by atoms with van der Waals surface area (Å²) in [6, 6.07) is 12.4. The van der Waals surface area contributed by atoms with Crippen LogP contribution in [-0.4, -0.2) is 38.4 Å². The molecule has 1 saturated carbocycles. The molecule has 6 nitrogen and oxygen atoms in total. The lowest BCUT2D eigenvalue weighted by Crippen LogP contribution is -2.35. The fraction of sp³-hybridized carbons (Fsp3) is 0.381. The number of halogens is 1. The average molecular weight is 421 g/mol. The molecular formula is C21H25FN2O4S. The van der Waals surface area contributed by atoms with E-state index in [1.807, 2.05) is 6.92 Å². The van der Waals surface area contributed by atoms with Crippen molar-refractivity contribution in [3.8, 4) is 5.75 Å². The van der Waals surface area contributed by atoms with Gasteiger partial charge in [-0.1, -0.05) is 12.1 Å². The van der Waals surface area contributed by atoms with Gasteiger partial charge in [-0.25, -0.2) is 17.5 Å². The molecule has 156 valence electrons. The maximum absolute atomic E-state index is 13.4. The number of amides is 1. The van der Waals surface area contributed by atoms with Crippen LogP contribution < -0.4 is 9.46 Å². The third-order valence-electron chi connectivity index (χ3n) is 4.63. The van der Waals surface area contributed by atoms with Crippen LogP contribution in [0.1, 0.15) is 31.7 Å². The Morgan fingerprint density at radius 3 is 2.55 bits per heavy atom. The Morgan fingerprint density at radius 2 is 1.93 bits per heavy atom. The van der Waals surface area contributed by atoms with Crippen LogP contribution in [-0.2, 0) is 21.4 Å². The standard InChI is InChI=1S/C21H25FN2O4S/c1-2-28-19-8-10-20(11-9-19)29(26,27)23-13-12-21(25)24(18-6-7-18)15-16-4-3-5-17(22)14-16/h3-5,8-11,14,18,23H,2,6-7,12-13,15H2,1H3. The predicted octanol–water partition coefficient (Wildman–Crippen LogP) is 3.08. The molecule has 0 heterocycles. The highest BCUT2D eigenvalue weighted by Gasteiger charge is 2.32. The van der Waals surface area contributed by atoms with E-state index < -0.39 is 10.0 Å². The quantitative estimate of drug-likeness (QED) is 0.641. The largest absolute Gasteiger partial charge is 0.494 e. The summed E-state index contributed by atoms with van der Waals surface area (Å²) < 4.78 is 46.0. The molecule has 0 aromatic heterocycles. The van der Waals surface area contributed by atoms with Crippen LogP contribution in [0.4, 0.5) is 4.39 Å². The summed E-state index contributed by atoms with van der Waals surface area (Å²) in [5, 5.41) is 0. The number of rotatable bonds is 10. The topological polar surface area (TPSA) is 75.7 Å². The number of nitrogens with zero attached hydrogens (tertiary/aromatic N) is 1. The molecule has 1 aliphatic rings. The van der Waals surface area contributed by atoms with E-state index in [1.165, 1.54) is 24.3 Å². The highest BCUT2D eigenvalue weighted by atomic mass is 32.2. The molecule has 0 spiro atoms. The first-order valence-electron chi connectivity index (χ1n) is 9.65. The number of benzene rings is 2. The summed E-state index contributed by atoms with van der Waals surface area (Å²) >= 11 is 0. The Balaban J connectivity index is 1.55. The molecule has 1 fully saturated rings. The Labute approximate surface area is 170 Å². The number of carbonyl (C=O) groups is 1. The molecule has 2 aromatic carbocycles. The SMILES string of the molecule is CCOc1ccc(S(=O)(=O)NCCC(=O)N(Cc2cccc(F)c2)C2CC2)cc1. The fourth-order valence-electron chi connectivity index (χ4n) is 3.04. The molecule has 1 amide bonds. The molecule has 0 saturated heterocycles. The normalized spacial score (nSPS) is 13.9. The summed E-state index contributed by atoms with van der Waals surface area (Å²) in [5.41, 5.74) is 0.722. The first kappa shape index (κ1) is 21.3. The van der Waals surface area contributed by atoms with Crippen molar-refractivity contribution in [1.82, 2.24) is 9.62 Å². The summed E-state index contributed by atoms with van der Waals surface area (Å²) in [5.74, 6) is 0.110. The minimum atomic E-state index is -3.71. The van der Waals surface area contributed by atoms with Gasteiger partial charge in [-0.2, -0.15) is 0 Å².